The Morgan fingerprint density at radius 1 is 0.474 bits per heavy atom. The molecule has 0 radical (unpaired) electrons. The largest absolute Gasteiger partial charge is 0.455 e. The molecule has 0 aliphatic carbocycles. The lowest BCUT2D eigenvalue weighted by molar-refractivity contribution is 0.666. The highest BCUT2D eigenvalue weighted by Gasteiger charge is 2.17. The van der Waals surface area contributed by atoms with Crippen LogP contribution in [-0.4, -0.2) is 9.97 Å². The maximum atomic E-state index is 6.46. The van der Waals surface area contributed by atoms with Crippen LogP contribution < -0.4 is 0 Å². The van der Waals surface area contributed by atoms with Crippen molar-refractivity contribution in [3.63, 3.8) is 0 Å². The summed E-state index contributed by atoms with van der Waals surface area (Å²) < 4.78 is 6.46. The summed E-state index contributed by atoms with van der Waals surface area (Å²) in [6.45, 7) is 2.08. The molecule has 7 rings (SSSR count). The molecule has 0 saturated heterocycles. The number of furan rings is 1. The monoisotopic (exact) mass is 488 g/mol. The number of rotatable bonds is 4. The zero-order chi connectivity index (χ0) is 25.5. The van der Waals surface area contributed by atoms with Crippen LogP contribution in [0.1, 0.15) is 5.56 Å². The van der Waals surface area contributed by atoms with Crippen LogP contribution in [0.4, 0.5) is 0 Å². The van der Waals surface area contributed by atoms with E-state index in [9.17, 15) is 0 Å². The SMILES string of the molecule is Cc1cccc2c1oc1c(-c3cc(-c4ccc(-c5ccccc5)cc4)nc(-c4ccccc4)n3)cccc12. The van der Waals surface area contributed by atoms with Crippen molar-refractivity contribution in [3.8, 4) is 45.0 Å². The molecule has 0 atom stereocenters. The number of aryl methyl sites for hydroxylation is 1. The zero-order valence-corrected chi connectivity index (χ0v) is 20.9. The Bertz CT molecular complexity index is 1900. The summed E-state index contributed by atoms with van der Waals surface area (Å²) in [5.74, 6) is 0.689. The van der Waals surface area contributed by atoms with Crippen molar-refractivity contribution in [2.45, 2.75) is 6.92 Å². The normalized spacial score (nSPS) is 11.3. The number of nitrogens with zero attached hydrogens (tertiary/aromatic N) is 2. The first kappa shape index (κ1) is 22.2. The van der Waals surface area contributed by atoms with E-state index in [1.165, 1.54) is 11.1 Å². The average Bonchev–Trinajstić information content (AvgIpc) is 3.38. The van der Waals surface area contributed by atoms with Gasteiger partial charge in [0, 0.05) is 27.5 Å². The van der Waals surface area contributed by atoms with Crippen molar-refractivity contribution in [2.24, 2.45) is 0 Å². The van der Waals surface area contributed by atoms with E-state index < -0.39 is 0 Å². The van der Waals surface area contributed by atoms with Crippen LogP contribution in [0.25, 0.3) is 67.0 Å². The Kier molecular flexibility index (Phi) is 5.33. The number of hydrogen-bond donors (Lipinski definition) is 0. The standard InChI is InChI=1S/C35H24N2O/c1-23-10-8-15-28-29-16-9-17-30(34(29)38-33(23)28)32-22-31(36-35(37-32)27-13-6-3-7-14-27)26-20-18-25(19-21-26)24-11-4-2-5-12-24/h2-22H,1H3. The van der Waals surface area contributed by atoms with Crippen LogP contribution in [-0.2, 0) is 0 Å². The van der Waals surface area contributed by atoms with Crippen molar-refractivity contribution in [3.05, 3.63) is 133 Å². The first-order valence-corrected chi connectivity index (χ1v) is 12.8. The Morgan fingerprint density at radius 3 is 1.79 bits per heavy atom. The van der Waals surface area contributed by atoms with Gasteiger partial charge in [-0.2, -0.15) is 0 Å². The molecule has 0 fully saturated rings. The average molecular weight is 489 g/mol. The molecular formula is C35H24N2O. The third kappa shape index (κ3) is 3.86. The van der Waals surface area contributed by atoms with Gasteiger partial charge in [0.15, 0.2) is 5.82 Å². The molecule has 7 aromatic rings. The van der Waals surface area contributed by atoms with Crippen molar-refractivity contribution >= 4 is 21.9 Å². The van der Waals surface area contributed by atoms with Gasteiger partial charge in [-0.1, -0.05) is 115 Å². The van der Waals surface area contributed by atoms with Crippen molar-refractivity contribution < 1.29 is 4.42 Å². The van der Waals surface area contributed by atoms with Crippen LogP contribution in [0, 0.1) is 6.92 Å². The van der Waals surface area contributed by atoms with E-state index in [-0.39, 0.29) is 0 Å². The van der Waals surface area contributed by atoms with Gasteiger partial charge in [0.25, 0.3) is 0 Å². The molecule has 0 spiro atoms. The van der Waals surface area contributed by atoms with E-state index in [2.05, 4.69) is 97.9 Å². The molecule has 0 aliphatic heterocycles. The fraction of sp³-hybridized carbons (Fsp3) is 0.0286. The van der Waals surface area contributed by atoms with E-state index in [1.807, 2.05) is 36.4 Å². The van der Waals surface area contributed by atoms with Gasteiger partial charge in [-0.3, -0.25) is 0 Å². The Morgan fingerprint density at radius 2 is 1.05 bits per heavy atom. The van der Waals surface area contributed by atoms with Crippen molar-refractivity contribution in [1.82, 2.24) is 9.97 Å². The second-order valence-corrected chi connectivity index (χ2v) is 9.51. The smallest absolute Gasteiger partial charge is 0.160 e. The summed E-state index contributed by atoms with van der Waals surface area (Å²) in [6.07, 6.45) is 0. The molecule has 3 heteroatoms. The van der Waals surface area contributed by atoms with E-state index >= 15 is 0 Å². The number of fused-ring (bicyclic) bond motifs is 3. The first-order chi connectivity index (χ1) is 18.7. The Balaban J connectivity index is 1.42. The number of benzene rings is 5. The van der Waals surface area contributed by atoms with Crippen LogP contribution in [0.2, 0.25) is 0 Å². The molecule has 0 bridgehead atoms. The number of para-hydroxylation sites is 2. The fourth-order valence-corrected chi connectivity index (χ4v) is 5.08. The molecule has 5 aromatic carbocycles. The van der Waals surface area contributed by atoms with Crippen LogP contribution in [0.5, 0.6) is 0 Å². The predicted molar refractivity (Wildman–Crippen MR) is 156 cm³/mol. The third-order valence-corrected chi connectivity index (χ3v) is 7.04. The Labute approximate surface area is 221 Å². The molecule has 2 heterocycles. The number of hydrogen-bond acceptors (Lipinski definition) is 3. The highest BCUT2D eigenvalue weighted by Crippen LogP contribution is 2.38. The van der Waals surface area contributed by atoms with Crippen LogP contribution in [0.15, 0.2) is 132 Å². The second-order valence-electron chi connectivity index (χ2n) is 9.51. The highest BCUT2D eigenvalue weighted by molar-refractivity contribution is 6.10. The third-order valence-electron chi connectivity index (χ3n) is 7.04. The van der Waals surface area contributed by atoms with E-state index in [0.717, 1.165) is 55.6 Å². The molecular weight excluding hydrogens is 464 g/mol. The zero-order valence-electron chi connectivity index (χ0n) is 20.9. The van der Waals surface area contributed by atoms with Crippen molar-refractivity contribution in [1.29, 1.82) is 0 Å². The highest BCUT2D eigenvalue weighted by atomic mass is 16.3. The first-order valence-electron chi connectivity index (χ1n) is 12.8. The maximum absolute atomic E-state index is 6.46. The van der Waals surface area contributed by atoms with Gasteiger partial charge in [-0.25, -0.2) is 9.97 Å². The van der Waals surface area contributed by atoms with Gasteiger partial charge < -0.3 is 4.42 Å². The minimum Gasteiger partial charge on any atom is -0.455 e. The summed E-state index contributed by atoms with van der Waals surface area (Å²) in [6, 6.07) is 43.7. The van der Waals surface area contributed by atoms with Crippen molar-refractivity contribution in [2.75, 3.05) is 0 Å². The van der Waals surface area contributed by atoms with Gasteiger partial charge in [0.1, 0.15) is 11.2 Å². The van der Waals surface area contributed by atoms with Gasteiger partial charge >= 0.3 is 0 Å². The minimum absolute atomic E-state index is 0.689. The predicted octanol–water partition coefficient (Wildman–Crippen LogP) is 9.35. The lowest BCUT2D eigenvalue weighted by atomic mass is 10.0. The van der Waals surface area contributed by atoms with Gasteiger partial charge in [-0.05, 0) is 35.7 Å². The quantitative estimate of drug-likeness (QED) is 0.248. The Hall–Kier alpha value is -5.02. The lowest BCUT2D eigenvalue weighted by Crippen LogP contribution is -1.96. The van der Waals surface area contributed by atoms with Gasteiger partial charge in [0.05, 0.1) is 11.4 Å². The van der Waals surface area contributed by atoms with E-state index in [4.69, 9.17) is 14.4 Å². The summed E-state index contributed by atoms with van der Waals surface area (Å²) in [4.78, 5) is 10.0. The molecule has 180 valence electrons. The second kappa shape index (κ2) is 9.13. The van der Waals surface area contributed by atoms with Crippen LogP contribution in [0.3, 0.4) is 0 Å². The fourth-order valence-electron chi connectivity index (χ4n) is 5.08. The molecule has 3 nitrogen and oxygen atoms in total. The molecule has 2 aromatic heterocycles. The summed E-state index contributed by atoms with van der Waals surface area (Å²) in [5.41, 5.74) is 9.94. The minimum atomic E-state index is 0.689. The molecule has 0 saturated carbocycles. The van der Waals surface area contributed by atoms with Gasteiger partial charge in [-0.15, -0.1) is 0 Å². The summed E-state index contributed by atoms with van der Waals surface area (Å²) in [5, 5.41) is 2.21. The van der Waals surface area contributed by atoms with Crippen LogP contribution >= 0.6 is 0 Å². The molecule has 0 amide bonds. The lowest BCUT2D eigenvalue weighted by Gasteiger charge is -2.10. The summed E-state index contributed by atoms with van der Waals surface area (Å²) >= 11 is 0. The molecule has 0 N–H and O–H groups in total. The molecule has 0 aliphatic rings. The van der Waals surface area contributed by atoms with Gasteiger partial charge in [0.2, 0.25) is 0 Å². The molecule has 0 unspecified atom stereocenters. The maximum Gasteiger partial charge on any atom is 0.160 e. The summed E-state index contributed by atoms with van der Waals surface area (Å²) in [7, 11) is 0. The molecule has 38 heavy (non-hydrogen) atoms. The van der Waals surface area contributed by atoms with E-state index in [1.54, 1.807) is 0 Å². The number of aromatic nitrogens is 2. The van der Waals surface area contributed by atoms with E-state index in [0.29, 0.717) is 5.82 Å². The topological polar surface area (TPSA) is 38.9 Å².